The lowest BCUT2D eigenvalue weighted by atomic mass is 9.94. The van der Waals surface area contributed by atoms with Crippen molar-refractivity contribution in [3.63, 3.8) is 0 Å². The highest BCUT2D eigenvalue weighted by Gasteiger charge is 2.22. The third-order valence-electron chi connectivity index (χ3n) is 11.0. The third kappa shape index (κ3) is 5.58. The van der Waals surface area contributed by atoms with E-state index in [0.717, 1.165) is 78.0 Å². The molecule has 11 rings (SSSR count). The van der Waals surface area contributed by atoms with E-state index in [4.69, 9.17) is 15.0 Å². The molecule has 3 heterocycles. The summed E-state index contributed by atoms with van der Waals surface area (Å²) in [5.74, 6) is 0.703. The zero-order chi connectivity index (χ0) is 37.7. The quantitative estimate of drug-likeness (QED) is 0.160. The summed E-state index contributed by atoms with van der Waals surface area (Å²) in [4.78, 5) is 15.5. The number of pyridine rings is 1. The molecule has 8 aromatic carbocycles. The largest absolute Gasteiger partial charge is 0.309 e. The standard InChI is InChI=1S/C53H34N4/c1-5-17-35(18-6-1)46-34-47(56-53(55-46)37-21-9-3-10-22-37)39-24-15-23-38(33-39)41-28-16-30-48-49(41)44-32-31-43-50(52(44)57(48)40-25-11-4-12-26-40)42-27-13-14-29-45(42)54-51(43)36-19-7-2-8-20-36/h1-34H. The van der Waals surface area contributed by atoms with E-state index in [1.807, 2.05) is 24.3 Å². The van der Waals surface area contributed by atoms with E-state index in [-0.39, 0.29) is 0 Å². The van der Waals surface area contributed by atoms with Crippen molar-refractivity contribution < 1.29 is 0 Å². The topological polar surface area (TPSA) is 43.6 Å². The molecule has 3 aromatic heterocycles. The SMILES string of the molecule is c1ccc(-c2cc(-c3cccc(-c4cccc5c4c4ccc6c(-c7ccccc7)nc7ccccc7c6c4n5-c4ccccc4)c3)nc(-c3ccccc3)n2)cc1. The molecule has 0 aliphatic rings. The van der Waals surface area contributed by atoms with Gasteiger partial charge >= 0.3 is 0 Å². The van der Waals surface area contributed by atoms with Gasteiger partial charge in [-0.15, -0.1) is 0 Å². The van der Waals surface area contributed by atoms with Gasteiger partial charge in [0.25, 0.3) is 0 Å². The number of benzene rings is 8. The van der Waals surface area contributed by atoms with Crippen LogP contribution in [0.5, 0.6) is 0 Å². The van der Waals surface area contributed by atoms with Crippen LogP contribution in [0.3, 0.4) is 0 Å². The minimum absolute atomic E-state index is 0.703. The molecule has 57 heavy (non-hydrogen) atoms. The van der Waals surface area contributed by atoms with Crippen molar-refractivity contribution in [3.05, 3.63) is 206 Å². The maximum Gasteiger partial charge on any atom is 0.160 e. The molecule has 0 unspecified atom stereocenters. The summed E-state index contributed by atoms with van der Waals surface area (Å²) in [5, 5.41) is 5.85. The van der Waals surface area contributed by atoms with Crippen LogP contribution in [0.15, 0.2) is 206 Å². The minimum Gasteiger partial charge on any atom is -0.309 e. The smallest absolute Gasteiger partial charge is 0.160 e. The van der Waals surface area contributed by atoms with Crippen molar-refractivity contribution in [2.24, 2.45) is 0 Å². The van der Waals surface area contributed by atoms with Crippen LogP contribution < -0.4 is 0 Å². The van der Waals surface area contributed by atoms with Crippen molar-refractivity contribution >= 4 is 43.5 Å². The van der Waals surface area contributed by atoms with Crippen molar-refractivity contribution in [1.29, 1.82) is 0 Å². The summed E-state index contributed by atoms with van der Waals surface area (Å²) in [6, 6.07) is 72.6. The van der Waals surface area contributed by atoms with Crippen molar-refractivity contribution in [1.82, 2.24) is 19.5 Å². The average Bonchev–Trinajstić information content (AvgIpc) is 3.64. The van der Waals surface area contributed by atoms with Gasteiger partial charge in [-0.3, -0.25) is 0 Å². The van der Waals surface area contributed by atoms with Gasteiger partial charge in [-0.1, -0.05) is 170 Å². The highest BCUT2D eigenvalue weighted by Crippen LogP contribution is 2.45. The van der Waals surface area contributed by atoms with E-state index in [1.54, 1.807) is 0 Å². The van der Waals surface area contributed by atoms with Gasteiger partial charge in [0.2, 0.25) is 0 Å². The molecule has 0 N–H and O–H groups in total. The first-order valence-corrected chi connectivity index (χ1v) is 19.3. The molecule has 4 nitrogen and oxygen atoms in total. The predicted molar refractivity (Wildman–Crippen MR) is 236 cm³/mol. The van der Waals surface area contributed by atoms with Gasteiger partial charge in [-0.25, -0.2) is 15.0 Å². The fourth-order valence-electron chi connectivity index (χ4n) is 8.40. The van der Waals surface area contributed by atoms with Crippen LogP contribution in [0, 0.1) is 0 Å². The van der Waals surface area contributed by atoms with Crippen molar-refractivity contribution in [3.8, 4) is 62.0 Å². The molecule has 0 bridgehead atoms. The fraction of sp³-hybridized carbons (Fsp3) is 0. The third-order valence-corrected chi connectivity index (χ3v) is 11.0. The molecule has 0 saturated heterocycles. The summed E-state index contributed by atoms with van der Waals surface area (Å²) in [6.45, 7) is 0. The summed E-state index contributed by atoms with van der Waals surface area (Å²) in [7, 11) is 0. The molecular weight excluding hydrogens is 693 g/mol. The number of hydrogen-bond donors (Lipinski definition) is 0. The van der Waals surface area contributed by atoms with Gasteiger partial charge in [-0.2, -0.15) is 0 Å². The zero-order valence-corrected chi connectivity index (χ0v) is 30.9. The molecule has 0 amide bonds. The molecule has 4 heteroatoms. The van der Waals surface area contributed by atoms with E-state index in [9.17, 15) is 0 Å². The Hall–Kier alpha value is -7.69. The second kappa shape index (κ2) is 13.6. The van der Waals surface area contributed by atoms with Gasteiger partial charge in [-0.05, 0) is 47.5 Å². The molecule has 0 spiro atoms. The first kappa shape index (κ1) is 32.7. The van der Waals surface area contributed by atoms with Gasteiger partial charge in [0.15, 0.2) is 5.82 Å². The van der Waals surface area contributed by atoms with Crippen LogP contribution in [-0.2, 0) is 0 Å². The average molecular weight is 727 g/mol. The van der Waals surface area contributed by atoms with Gasteiger partial charge < -0.3 is 4.57 Å². The van der Waals surface area contributed by atoms with E-state index >= 15 is 0 Å². The highest BCUT2D eigenvalue weighted by atomic mass is 15.0. The first-order valence-electron chi connectivity index (χ1n) is 19.3. The maximum absolute atomic E-state index is 5.27. The van der Waals surface area contributed by atoms with Gasteiger partial charge in [0.05, 0.1) is 33.6 Å². The van der Waals surface area contributed by atoms with Crippen LogP contribution in [0.25, 0.3) is 105 Å². The van der Waals surface area contributed by atoms with E-state index in [2.05, 4.69) is 187 Å². The lowest BCUT2D eigenvalue weighted by Crippen LogP contribution is -1.96. The molecule has 266 valence electrons. The van der Waals surface area contributed by atoms with Crippen molar-refractivity contribution in [2.75, 3.05) is 0 Å². The number of fused-ring (bicyclic) bond motifs is 7. The number of hydrogen-bond acceptors (Lipinski definition) is 3. The Morgan fingerprint density at radius 2 is 0.930 bits per heavy atom. The Morgan fingerprint density at radius 1 is 0.351 bits per heavy atom. The van der Waals surface area contributed by atoms with Crippen molar-refractivity contribution in [2.45, 2.75) is 0 Å². The van der Waals surface area contributed by atoms with Gasteiger partial charge in [0, 0.05) is 54.9 Å². The number of para-hydroxylation sites is 2. The Morgan fingerprint density at radius 3 is 1.68 bits per heavy atom. The molecule has 11 aromatic rings. The van der Waals surface area contributed by atoms with Crippen LogP contribution >= 0.6 is 0 Å². The van der Waals surface area contributed by atoms with E-state index < -0.39 is 0 Å². The van der Waals surface area contributed by atoms with Gasteiger partial charge in [0.1, 0.15) is 0 Å². The molecule has 0 aliphatic heterocycles. The lowest BCUT2D eigenvalue weighted by molar-refractivity contribution is 1.18. The second-order valence-corrected chi connectivity index (χ2v) is 14.4. The fourth-order valence-corrected chi connectivity index (χ4v) is 8.40. The van der Waals surface area contributed by atoms with E-state index in [0.29, 0.717) is 5.82 Å². The second-order valence-electron chi connectivity index (χ2n) is 14.4. The number of nitrogens with zero attached hydrogens (tertiary/aromatic N) is 4. The molecule has 0 radical (unpaired) electrons. The Bertz CT molecular complexity index is 3210. The van der Waals surface area contributed by atoms with E-state index in [1.165, 1.54) is 21.7 Å². The molecule has 0 atom stereocenters. The molecule has 0 aliphatic carbocycles. The summed E-state index contributed by atoms with van der Waals surface area (Å²) < 4.78 is 2.45. The summed E-state index contributed by atoms with van der Waals surface area (Å²) >= 11 is 0. The number of aromatic nitrogens is 4. The molecular formula is C53H34N4. The van der Waals surface area contributed by atoms with Crippen LogP contribution in [-0.4, -0.2) is 19.5 Å². The predicted octanol–water partition coefficient (Wildman–Crippen LogP) is 13.6. The van der Waals surface area contributed by atoms with Crippen LogP contribution in [0.1, 0.15) is 0 Å². The first-order chi connectivity index (χ1) is 28.3. The summed E-state index contributed by atoms with van der Waals surface area (Å²) in [6.07, 6.45) is 0. The monoisotopic (exact) mass is 726 g/mol. The highest BCUT2D eigenvalue weighted by molar-refractivity contribution is 6.28. The Balaban J connectivity index is 1.19. The Kier molecular flexibility index (Phi) is 7.78. The van der Waals surface area contributed by atoms with Crippen LogP contribution in [0.4, 0.5) is 0 Å². The zero-order valence-electron chi connectivity index (χ0n) is 30.9. The summed E-state index contributed by atoms with van der Waals surface area (Å²) in [5.41, 5.74) is 13.6. The normalized spacial score (nSPS) is 11.5. The minimum atomic E-state index is 0.703. The van der Waals surface area contributed by atoms with Crippen LogP contribution in [0.2, 0.25) is 0 Å². The maximum atomic E-state index is 5.27. The lowest BCUT2D eigenvalue weighted by Gasteiger charge is -2.14. The molecule has 0 saturated carbocycles. The Labute approximate surface area is 330 Å². The number of rotatable bonds is 6. The molecule has 0 fully saturated rings.